The lowest BCUT2D eigenvalue weighted by Gasteiger charge is -2.07. The Morgan fingerprint density at radius 1 is 1.23 bits per heavy atom. The van der Waals surface area contributed by atoms with Crippen molar-refractivity contribution >= 4 is 39.4 Å². The fourth-order valence-electron chi connectivity index (χ4n) is 3.15. The maximum Gasteiger partial charge on any atom is 0.436 e. The molecule has 1 fully saturated rings. The number of halogens is 5. The maximum absolute atomic E-state index is 13.2. The van der Waals surface area contributed by atoms with Gasteiger partial charge in [-0.15, -0.1) is 5.10 Å². The molecule has 2 aromatic heterocycles. The summed E-state index contributed by atoms with van der Waals surface area (Å²) in [5.41, 5.74) is 0.493. The van der Waals surface area contributed by atoms with Crippen LogP contribution in [0.15, 0.2) is 35.1 Å². The Kier molecular flexibility index (Phi) is 6.07. The number of rotatable bonds is 7. The van der Waals surface area contributed by atoms with Crippen LogP contribution in [-0.4, -0.2) is 30.5 Å². The van der Waals surface area contributed by atoms with E-state index in [1.807, 2.05) is 12.1 Å². The summed E-state index contributed by atoms with van der Waals surface area (Å²) in [5.74, 6) is -0.253. The molecule has 0 bridgehead atoms. The Bertz CT molecular complexity index is 1090. The van der Waals surface area contributed by atoms with Crippen LogP contribution in [-0.2, 0) is 24.1 Å². The zero-order valence-corrected chi connectivity index (χ0v) is 18.4. The highest BCUT2D eigenvalue weighted by Crippen LogP contribution is 2.47. The van der Waals surface area contributed by atoms with E-state index in [2.05, 4.69) is 36.4 Å². The van der Waals surface area contributed by atoms with Gasteiger partial charge in [0.2, 0.25) is 11.9 Å². The molecule has 1 amide bonds. The number of benzene rings is 1. The van der Waals surface area contributed by atoms with Gasteiger partial charge in [-0.3, -0.25) is 14.8 Å². The standard InChI is InChI=1S/C19H17BrClF3N6O/c20-15-16(12-3-4-12)30(27-17(15)19(22,23)24)8-7-14(31)26-18-25-10-29(28-18)9-11-1-5-13(21)6-2-11/h1-2,5-6,10,12H,3-4,7-9H2,(H,26,28,31). The first-order valence-corrected chi connectivity index (χ1v) is 10.6. The van der Waals surface area contributed by atoms with Gasteiger partial charge in [-0.2, -0.15) is 18.3 Å². The molecule has 0 atom stereocenters. The third kappa shape index (κ3) is 5.27. The third-order valence-corrected chi connectivity index (χ3v) is 5.79. The summed E-state index contributed by atoms with van der Waals surface area (Å²) >= 11 is 8.91. The summed E-state index contributed by atoms with van der Waals surface area (Å²) in [5, 5.41) is 11.1. The highest BCUT2D eigenvalue weighted by molar-refractivity contribution is 9.10. The van der Waals surface area contributed by atoms with Crippen LogP contribution in [0.25, 0.3) is 0 Å². The highest BCUT2D eigenvalue weighted by atomic mass is 79.9. The Morgan fingerprint density at radius 3 is 2.58 bits per heavy atom. The van der Waals surface area contributed by atoms with Crippen LogP contribution in [0.3, 0.4) is 0 Å². The Hall–Kier alpha value is -2.40. The van der Waals surface area contributed by atoms with E-state index in [-0.39, 0.29) is 29.3 Å². The molecule has 1 N–H and O–H groups in total. The number of aryl methyl sites for hydroxylation is 1. The smallest absolute Gasteiger partial charge is 0.293 e. The van der Waals surface area contributed by atoms with Gasteiger partial charge in [-0.25, -0.2) is 9.67 Å². The molecule has 7 nitrogen and oxygen atoms in total. The van der Waals surface area contributed by atoms with Crippen LogP contribution in [0.2, 0.25) is 5.02 Å². The molecule has 0 radical (unpaired) electrons. The second kappa shape index (κ2) is 8.62. The van der Waals surface area contributed by atoms with Crippen molar-refractivity contribution in [2.45, 2.75) is 44.4 Å². The first kappa shape index (κ1) is 21.8. The first-order valence-electron chi connectivity index (χ1n) is 9.48. The molecule has 0 saturated heterocycles. The van der Waals surface area contributed by atoms with E-state index in [1.165, 1.54) is 11.0 Å². The number of alkyl halides is 3. The average molecular weight is 518 g/mol. The number of hydrogen-bond donors (Lipinski definition) is 1. The van der Waals surface area contributed by atoms with Crippen molar-refractivity contribution in [2.75, 3.05) is 5.32 Å². The van der Waals surface area contributed by atoms with E-state index < -0.39 is 17.8 Å². The molecule has 2 heterocycles. The minimum atomic E-state index is -4.56. The van der Waals surface area contributed by atoms with Gasteiger partial charge in [-0.1, -0.05) is 23.7 Å². The van der Waals surface area contributed by atoms with Crippen molar-refractivity contribution in [1.82, 2.24) is 24.5 Å². The molecule has 1 saturated carbocycles. The highest BCUT2D eigenvalue weighted by Gasteiger charge is 2.41. The van der Waals surface area contributed by atoms with Gasteiger partial charge in [0, 0.05) is 17.4 Å². The molecule has 4 rings (SSSR count). The number of carbonyl (C=O) groups excluding carboxylic acids is 1. The molecule has 0 unspecified atom stereocenters. The molecule has 31 heavy (non-hydrogen) atoms. The van der Waals surface area contributed by atoms with Gasteiger partial charge in [0.05, 0.1) is 23.3 Å². The van der Waals surface area contributed by atoms with E-state index in [1.54, 1.807) is 16.8 Å². The van der Waals surface area contributed by atoms with Crippen LogP contribution in [0.4, 0.5) is 19.1 Å². The number of aromatic nitrogens is 5. The average Bonchev–Trinajstić information content (AvgIpc) is 3.34. The van der Waals surface area contributed by atoms with Crippen molar-refractivity contribution in [1.29, 1.82) is 0 Å². The lowest BCUT2D eigenvalue weighted by molar-refractivity contribution is -0.142. The zero-order valence-electron chi connectivity index (χ0n) is 16.0. The topological polar surface area (TPSA) is 77.6 Å². The lowest BCUT2D eigenvalue weighted by Crippen LogP contribution is -2.17. The molecule has 1 aliphatic rings. The zero-order chi connectivity index (χ0) is 22.2. The summed E-state index contributed by atoms with van der Waals surface area (Å²) in [7, 11) is 0. The van der Waals surface area contributed by atoms with Crippen LogP contribution < -0.4 is 5.32 Å². The summed E-state index contributed by atoms with van der Waals surface area (Å²) in [6, 6.07) is 7.25. The number of nitrogens with one attached hydrogen (secondary N) is 1. The summed E-state index contributed by atoms with van der Waals surface area (Å²) in [4.78, 5) is 16.3. The van der Waals surface area contributed by atoms with Gasteiger partial charge in [0.15, 0.2) is 5.69 Å². The Balaban J connectivity index is 1.37. The molecule has 0 aliphatic heterocycles. The lowest BCUT2D eigenvalue weighted by atomic mass is 10.2. The van der Waals surface area contributed by atoms with Crippen molar-refractivity contribution in [2.24, 2.45) is 0 Å². The van der Waals surface area contributed by atoms with Gasteiger partial charge in [0.1, 0.15) is 6.33 Å². The maximum atomic E-state index is 13.2. The first-order chi connectivity index (χ1) is 14.7. The molecule has 12 heteroatoms. The Morgan fingerprint density at radius 2 is 1.94 bits per heavy atom. The van der Waals surface area contributed by atoms with Crippen molar-refractivity contribution in [3.8, 4) is 0 Å². The van der Waals surface area contributed by atoms with Crippen LogP contribution in [0.5, 0.6) is 0 Å². The summed E-state index contributed by atoms with van der Waals surface area (Å²) in [6.45, 7) is 0.476. The van der Waals surface area contributed by atoms with Crippen LogP contribution >= 0.6 is 27.5 Å². The normalized spacial score (nSPS) is 14.1. The second-order valence-corrected chi connectivity index (χ2v) is 8.46. The van der Waals surface area contributed by atoms with Gasteiger partial charge < -0.3 is 0 Å². The fraction of sp³-hybridized carbons (Fsp3) is 0.368. The molecule has 1 aromatic carbocycles. The van der Waals surface area contributed by atoms with Crippen LogP contribution in [0, 0.1) is 0 Å². The molecule has 164 valence electrons. The minimum absolute atomic E-state index is 0.0256. The predicted octanol–water partition coefficient (Wildman–Crippen LogP) is 4.86. The van der Waals surface area contributed by atoms with E-state index in [0.29, 0.717) is 17.3 Å². The summed E-state index contributed by atoms with van der Waals surface area (Å²) < 4.78 is 42.3. The number of anilines is 1. The molecular formula is C19H17BrClF3N6O. The van der Waals surface area contributed by atoms with Crippen LogP contribution in [0.1, 0.15) is 42.1 Å². The molecular weight excluding hydrogens is 501 g/mol. The third-order valence-electron chi connectivity index (χ3n) is 4.76. The molecule has 1 aliphatic carbocycles. The largest absolute Gasteiger partial charge is 0.436 e. The second-order valence-electron chi connectivity index (χ2n) is 7.23. The fourth-order valence-corrected chi connectivity index (χ4v) is 4.11. The van der Waals surface area contributed by atoms with E-state index >= 15 is 0 Å². The number of nitrogens with zero attached hydrogens (tertiary/aromatic N) is 5. The SMILES string of the molecule is O=C(CCn1nc(C(F)(F)F)c(Br)c1C1CC1)Nc1ncn(Cc2ccc(Cl)cc2)n1. The Labute approximate surface area is 188 Å². The van der Waals surface area contributed by atoms with E-state index in [0.717, 1.165) is 18.4 Å². The van der Waals surface area contributed by atoms with Crippen molar-refractivity contribution in [3.63, 3.8) is 0 Å². The minimum Gasteiger partial charge on any atom is -0.293 e. The molecule has 3 aromatic rings. The number of carbonyl (C=O) groups is 1. The number of amides is 1. The van der Waals surface area contributed by atoms with Gasteiger partial charge in [-0.05, 0) is 46.5 Å². The van der Waals surface area contributed by atoms with Gasteiger partial charge >= 0.3 is 6.18 Å². The van der Waals surface area contributed by atoms with Gasteiger partial charge in [0.25, 0.3) is 0 Å². The monoisotopic (exact) mass is 516 g/mol. The quantitative estimate of drug-likeness (QED) is 0.485. The molecule has 0 spiro atoms. The summed E-state index contributed by atoms with van der Waals surface area (Å²) in [6.07, 6.45) is -1.52. The number of hydrogen-bond acceptors (Lipinski definition) is 4. The van der Waals surface area contributed by atoms with Crippen molar-refractivity contribution in [3.05, 3.63) is 57.0 Å². The van der Waals surface area contributed by atoms with E-state index in [4.69, 9.17) is 11.6 Å². The van der Waals surface area contributed by atoms with E-state index in [9.17, 15) is 18.0 Å². The van der Waals surface area contributed by atoms with Crippen molar-refractivity contribution < 1.29 is 18.0 Å². The predicted molar refractivity (Wildman–Crippen MR) is 111 cm³/mol.